The third kappa shape index (κ3) is 7.09. The van der Waals surface area contributed by atoms with Gasteiger partial charge in [-0.05, 0) is 49.9 Å². The van der Waals surface area contributed by atoms with E-state index >= 15 is 0 Å². The fourth-order valence-corrected chi connectivity index (χ4v) is 4.84. The Hall–Kier alpha value is -4.26. The van der Waals surface area contributed by atoms with E-state index in [4.69, 9.17) is 0 Å². The number of aromatic nitrogens is 2. The van der Waals surface area contributed by atoms with Crippen LogP contribution in [0.15, 0.2) is 79.0 Å². The number of carbonyl (C=O) groups excluding carboxylic acids is 2. The number of amides is 3. The molecule has 3 N–H and O–H groups in total. The molecule has 0 spiro atoms. The van der Waals surface area contributed by atoms with Crippen molar-refractivity contribution in [2.45, 2.75) is 32.9 Å². The number of rotatable bonds is 9. The summed E-state index contributed by atoms with van der Waals surface area (Å²) in [7, 11) is -1.14. The molecule has 12 heteroatoms. The summed E-state index contributed by atoms with van der Waals surface area (Å²) in [5, 5.41) is 12.4. The Kier molecular flexibility index (Phi) is 8.76. The molecule has 0 radical (unpaired) electrons. The minimum atomic E-state index is -3.82. The number of hydrogen-bond donors (Lipinski definition) is 3. The number of fused-ring (bicyclic) bond motifs is 1. The zero-order valence-electron chi connectivity index (χ0n) is 23.7. The summed E-state index contributed by atoms with van der Waals surface area (Å²) in [6.07, 6.45) is 1.62. The van der Waals surface area contributed by atoms with Gasteiger partial charge in [0.15, 0.2) is 0 Å². The van der Waals surface area contributed by atoms with Crippen LogP contribution >= 0.6 is 0 Å². The highest BCUT2D eigenvalue weighted by Gasteiger charge is 2.30. The predicted octanol–water partition coefficient (Wildman–Crippen LogP) is 3.87. The van der Waals surface area contributed by atoms with Crippen LogP contribution in [0.25, 0.3) is 16.5 Å². The SMILES string of the molecule is CN(C)S(=O)(=O)NC(=O)CNCc1ccc(-n2nccc2NC(=O)N(c2cccc3ccccc23)C(C)(C)C)cc1. The van der Waals surface area contributed by atoms with Crippen molar-refractivity contribution in [1.29, 1.82) is 0 Å². The minimum Gasteiger partial charge on any atom is -0.304 e. The summed E-state index contributed by atoms with van der Waals surface area (Å²) in [5.74, 6) is -0.144. The molecule has 0 aliphatic carbocycles. The Labute approximate surface area is 240 Å². The maximum absolute atomic E-state index is 13.7. The van der Waals surface area contributed by atoms with Crippen LogP contribution in [0.4, 0.5) is 16.3 Å². The summed E-state index contributed by atoms with van der Waals surface area (Å²) >= 11 is 0. The zero-order valence-corrected chi connectivity index (χ0v) is 24.6. The Balaban J connectivity index is 1.45. The van der Waals surface area contributed by atoms with Gasteiger partial charge < -0.3 is 5.32 Å². The van der Waals surface area contributed by atoms with Crippen molar-refractivity contribution < 1.29 is 18.0 Å². The third-order valence-electron chi connectivity index (χ3n) is 6.28. The lowest BCUT2D eigenvalue weighted by atomic mass is 10.0. The van der Waals surface area contributed by atoms with Gasteiger partial charge in [-0.2, -0.15) is 17.8 Å². The number of carbonyl (C=O) groups is 2. The maximum atomic E-state index is 13.7. The van der Waals surface area contributed by atoms with Crippen LogP contribution < -0.4 is 20.3 Å². The van der Waals surface area contributed by atoms with Gasteiger partial charge in [0.05, 0.1) is 24.1 Å². The van der Waals surface area contributed by atoms with E-state index in [-0.39, 0.29) is 12.6 Å². The summed E-state index contributed by atoms with van der Waals surface area (Å²) in [6, 6.07) is 22.8. The molecule has 1 aromatic heterocycles. The molecule has 0 aliphatic rings. The lowest BCUT2D eigenvalue weighted by Crippen LogP contribution is -2.48. The molecule has 216 valence electrons. The second-order valence-corrected chi connectivity index (χ2v) is 12.5. The lowest BCUT2D eigenvalue weighted by molar-refractivity contribution is -0.118. The van der Waals surface area contributed by atoms with Crippen molar-refractivity contribution in [1.82, 2.24) is 24.1 Å². The largest absolute Gasteiger partial charge is 0.328 e. The number of hydrogen-bond acceptors (Lipinski definition) is 6. The van der Waals surface area contributed by atoms with Gasteiger partial charge in [0.2, 0.25) is 5.91 Å². The quantitative estimate of drug-likeness (QED) is 0.277. The second-order valence-electron chi connectivity index (χ2n) is 10.6. The fraction of sp³-hybridized carbons (Fsp3) is 0.276. The average molecular weight is 578 g/mol. The summed E-state index contributed by atoms with van der Waals surface area (Å²) in [4.78, 5) is 27.4. The second kappa shape index (κ2) is 12.1. The molecule has 0 atom stereocenters. The number of urea groups is 1. The Morgan fingerprint density at radius 1 is 0.927 bits per heavy atom. The molecule has 0 bridgehead atoms. The summed E-state index contributed by atoms with van der Waals surface area (Å²) in [5.41, 5.74) is 1.91. The van der Waals surface area contributed by atoms with Crippen LogP contribution in [-0.2, 0) is 21.5 Å². The maximum Gasteiger partial charge on any atom is 0.328 e. The van der Waals surface area contributed by atoms with Gasteiger partial charge in [0.25, 0.3) is 0 Å². The topological polar surface area (TPSA) is 129 Å². The first kappa shape index (κ1) is 29.7. The summed E-state index contributed by atoms with van der Waals surface area (Å²) < 4.78 is 28.1. The summed E-state index contributed by atoms with van der Waals surface area (Å²) in [6.45, 7) is 6.16. The molecule has 0 aliphatic heterocycles. The number of anilines is 2. The molecule has 3 aromatic carbocycles. The van der Waals surface area contributed by atoms with Crippen molar-refractivity contribution in [3.63, 3.8) is 0 Å². The van der Waals surface area contributed by atoms with Gasteiger partial charge in [-0.25, -0.2) is 14.2 Å². The monoisotopic (exact) mass is 577 g/mol. The van der Waals surface area contributed by atoms with Crippen LogP contribution in [0.5, 0.6) is 0 Å². The van der Waals surface area contributed by atoms with E-state index in [1.165, 1.54) is 14.1 Å². The van der Waals surface area contributed by atoms with Gasteiger partial charge in [0, 0.05) is 37.6 Å². The van der Waals surface area contributed by atoms with Gasteiger partial charge in [0.1, 0.15) is 5.82 Å². The number of benzene rings is 3. The molecular weight excluding hydrogens is 542 g/mol. The van der Waals surface area contributed by atoms with Gasteiger partial charge in [-0.15, -0.1) is 0 Å². The predicted molar refractivity (Wildman–Crippen MR) is 161 cm³/mol. The molecule has 0 saturated carbocycles. The highest BCUT2D eigenvalue weighted by atomic mass is 32.2. The number of nitrogens with zero attached hydrogens (tertiary/aromatic N) is 4. The third-order valence-corrected chi connectivity index (χ3v) is 7.73. The molecule has 4 aromatic rings. The van der Waals surface area contributed by atoms with Crippen molar-refractivity contribution in [2.24, 2.45) is 0 Å². The van der Waals surface area contributed by atoms with Crippen molar-refractivity contribution in [3.05, 3.63) is 84.6 Å². The molecule has 1 heterocycles. The Morgan fingerprint density at radius 2 is 1.61 bits per heavy atom. The van der Waals surface area contributed by atoms with Crippen LogP contribution in [0, 0.1) is 0 Å². The van der Waals surface area contributed by atoms with E-state index in [0.29, 0.717) is 12.4 Å². The van der Waals surface area contributed by atoms with Gasteiger partial charge in [-0.3, -0.25) is 15.0 Å². The van der Waals surface area contributed by atoms with Gasteiger partial charge >= 0.3 is 16.2 Å². The van der Waals surface area contributed by atoms with Gasteiger partial charge in [-0.1, -0.05) is 48.5 Å². The smallest absolute Gasteiger partial charge is 0.304 e. The fourth-order valence-electron chi connectivity index (χ4n) is 4.29. The normalized spacial score (nSPS) is 12.0. The van der Waals surface area contributed by atoms with Crippen molar-refractivity contribution >= 4 is 44.4 Å². The average Bonchev–Trinajstić information content (AvgIpc) is 3.36. The number of nitrogens with one attached hydrogen (secondary N) is 3. The van der Waals surface area contributed by atoms with E-state index in [1.807, 2.05) is 92.2 Å². The van der Waals surface area contributed by atoms with E-state index in [0.717, 1.165) is 32.0 Å². The molecule has 3 amide bonds. The van der Waals surface area contributed by atoms with E-state index in [2.05, 4.69) is 15.7 Å². The van der Waals surface area contributed by atoms with E-state index < -0.39 is 21.7 Å². The lowest BCUT2D eigenvalue weighted by Gasteiger charge is -2.36. The molecule has 0 unspecified atom stereocenters. The van der Waals surface area contributed by atoms with E-state index in [9.17, 15) is 18.0 Å². The first-order valence-electron chi connectivity index (χ1n) is 13.0. The Bertz CT molecular complexity index is 1640. The first-order valence-corrected chi connectivity index (χ1v) is 14.5. The molecule has 11 nitrogen and oxygen atoms in total. The van der Waals surface area contributed by atoms with Crippen LogP contribution in [0.2, 0.25) is 0 Å². The van der Waals surface area contributed by atoms with Crippen LogP contribution in [-0.4, -0.2) is 60.6 Å². The van der Waals surface area contributed by atoms with Crippen molar-refractivity contribution in [2.75, 3.05) is 30.9 Å². The molecular formula is C29H35N7O4S. The molecule has 41 heavy (non-hydrogen) atoms. The molecule has 0 fully saturated rings. The standard InChI is InChI=1S/C29H35N7O4S/c1-29(2,3)35(25-12-8-10-22-9-6-7-11-24(22)25)28(38)32-26-17-18-31-36(26)23-15-13-21(14-16-23)19-30-20-27(37)33-41(39,40)34(4)5/h6-18,30H,19-20H2,1-5H3,(H,32,38)(H,33,37). The highest BCUT2D eigenvalue weighted by Crippen LogP contribution is 2.32. The van der Waals surface area contributed by atoms with Crippen molar-refractivity contribution in [3.8, 4) is 5.69 Å². The zero-order chi connectivity index (χ0) is 29.8. The minimum absolute atomic E-state index is 0.162. The Morgan fingerprint density at radius 3 is 2.29 bits per heavy atom. The molecule has 0 saturated heterocycles. The highest BCUT2D eigenvalue weighted by molar-refractivity contribution is 7.87. The van der Waals surface area contributed by atoms with Crippen LogP contribution in [0.1, 0.15) is 26.3 Å². The first-order chi connectivity index (χ1) is 19.4. The molecule has 4 rings (SSSR count). The van der Waals surface area contributed by atoms with E-state index in [1.54, 1.807) is 21.8 Å². The van der Waals surface area contributed by atoms with Crippen LogP contribution in [0.3, 0.4) is 0 Å².